The monoisotopic (exact) mass is 400 g/mol. The summed E-state index contributed by atoms with van der Waals surface area (Å²) in [6.07, 6.45) is 4.79. The molecular formula is C26H24O4. The van der Waals surface area contributed by atoms with E-state index in [0.717, 1.165) is 30.2 Å². The van der Waals surface area contributed by atoms with Gasteiger partial charge in [0.1, 0.15) is 11.5 Å². The van der Waals surface area contributed by atoms with E-state index < -0.39 is 5.97 Å². The SMILES string of the molecule is Cc1ccccc1C(=O)Oc1cccc2cccc(OC(=O)C3=CC(C)CCC3)c12. The zero-order valence-corrected chi connectivity index (χ0v) is 17.2. The molecule has 0 heterocycles. The third-order valence-corrected chi connectivity index (χ3v) is 5.45. The Morgan fingerprint density at radius 2 is 1.53 bits per heavy atom. The van der Waals surface area contributed by atoms with Gasteiger partial charge in [-0.3, -0.25) is 0 Å². The number of ether oxygens (including phenoxy) is 2. The van der Waals surface area contributed by atoms with Crippen LogP contribution >= 0.6 is 0 Å². The first kappa shape index (κ1) is 19.9. The van der Waals surface area contributed by atoms with Crippen molar-refractivity contribution in [1.82, 2.24) is 0 Å². The molecule has 0 fully saturated rings. The lowest BCUT2D eigenvalue weighted by molar-refractivity contribution is -0.130. The summed E-state index contributed by atoms with van der Waals surface area (Å²) < 4.78 is 11.5. The van der Waals surface area contributed by atoms with Gasteiger partial charge < -0.3 is 9.47 Å². The van der Waals surface area contributed by atoms with Crippen LogP contribution in [0.5, 0.6) is 11.5 Å². The fourth-order valence-corrected chi connectivity index (χ4v) is 3.86. The molecule has 152 valence electrons. The van der Waals surface area contributed by atoms with Crippen LogP contribution in [-0.2, 0) is 4.79 Å². The van der Waals surface area contributed by atoms with Crippen LogP contribution in [0.1, 0.15) is 42.1 Å². The molecule has 0 aliphatic heterocycles. The van der Waals surface area contributed by atoms with Crippen LogP contribution in [-0.4, -0.2) is 11.9 Å². The van der Waals surface area contributed by atoms with Gasteiger partial charge in [0.15, 0.2) is 0 Å². The lowest BCUT2D eigenvalue weighted by Crippen LogP contribution is -2.16. The molecule has 3 aromatic carbocycles. The Kier molecular flexibility index (Phi) is 5.66. The summed E-state index contributed by atoms with van der Waals surface area (Å²) in [6.45, 7) is 3.97. The maximum Gasteiger partial charge on any atom is 0.343 e. The van der Waals surface area contributed by atoms with Gasteiger partial charge in [0, 0.05) is 5.57 Å². The van der Waals surface area contributed by atoms with Crippen molar-refractivity contribution in [3.05, 3.63) is 83.4 Å². The molecule has 0 radical (unpaired) electrons. The van der Waals surface area contributed by atoms with Gasteiger partial charge in [-0.1, -0.05) is 55.5 Å². The van der Waals surface area contributed by atoms with Crippen LogP contribution in [0.15, 0.2) is 72.3 Å². The van der Waals surface area contributed by atoms with E-state index in [9.17, 15) is 9.59 Å². The number of esters is 2. The molecule has 3 aromatic rings. The van der Waals surface area contributed by atoms with Crippen LogP contribution in [0, 0.1) is 12.8 Å². The summed E-state index contributed by atoms with van der Waals surface area (Å²) in [5.74, 6) is 0.360. The molecule has 4 nitrogen and oxygen atoms in total. The molecule has 0 aromatic heterocycles. The zero-order chi connectivity index (χ0) is 21.1. The Bertz CT molecular complexity index is 1140. The molecule has 0 spiro atoms. The first-order chi connectivity index (χ1) is 14.5. The highest BCUT2D eigenvalue weighted by molar-refractivity contribution is 6.00. The van der Waals surface area contributed by atoms with Crippen molar-refractivity contribution in [1.29, 1.82) is 0 Å². The number of carbonyl (C=O) groups excluding carboxylic acids is 2. The summed E-state index contributed by atoms with van der Waals surface area (Å²) in [5.41, 5.74) is 2.05. The molecule has 4 heteroatoms. The molecule has 0 saturated carbocycles. The maximum atomic E-state index is 12.8. The molecule has 0 N–H and O–H groups in total. The average Bonchev–Trinajstić information content (AvgIpc) is 2.74. The van der Waals surface area contributed by atoms with Crippen molar-refractivity contribution >= 4 is 22.7 Å². The molecule has 1 atom stereocenters. The van der Waals surface area contributed by atoms with E-state index in [2.05, 4.69) is 6.92 Å². The van der Waals surface area contributed by atoms with Crippen molar-refractivity contribution in [2.75, 3.05) is 0 Å². The standard InChI is InChI=1S/C26H24O4/c1-17-8-5-12-20(16-17)25(27)29-22-14-6-10-19-11-7-15-23(24(19)22)30-26(28)21-13-4-3-9-18(21)2/h3-4,6-7,9-11,13-17H,5,8,12H2,1-2H3. The van der Waals surface area contributed by atoms with Crippen molar-refractivity contribution in [2.45, 2.75) is 33.1 Å². The predicted molar refractivity (Wildman–Crippen MR) is 117 cm³/mol. The molecule has 1 aliphatic rings. The average molecular weight is 400 g/mol. The van der Waals surface area contributed by atoms with E-state index in [4.69, 9.17) is 9.47 Å². The van der Waals surface area contributed by atoms with Gasteiger partial charge in [-0.15, -0.1) is 0 Å². The highest BCUT2D eigenvalue weighted by Gasteiger charge is 2.20. The zero-order valence-electron chi connectivity index (χ0n) is 17.2. The second-order valence-electron chi connectivity index (χ2n) is 7.77. The normalized spacial score (nSPS) is 16.1. The van der Waals surface area contributed by atoms with Gasteiger partial charge in [0.05, 0.1) is 10.9 Å². The predicted octanol–water partition coefficient (Wildman–Crippen LogP) is 6.02. The summed E-state index contributed by atoms with van der Waals surface area (Å²) in [6, 6.07) is 18.2. The lowest BCUT2D eigenvalue weighted by atomic mass is 9.92. The summed E-state index contributed by atoms with van der Waals surface area (Å²) in [7, 11) is 0. The fraction of sp³-hybridized carbons (Fsp3) is 0.231. The van der Waals surface area contributed by atoms with E-state index in [-0.39, 0.29) is 5.97 Å². The Hall–Kier alpha value is -3.40. The van der Waals surface area contributed by atoms with Crippen LogP contribution in [0.3, 0.4) is 0 Å². The van der Waals surface area contributed by atoms with Crippen LogP contribution in [0.2, 0.25) is 0 Å². The Balaban J connectivity index is 1.68. The van der Waals surface area contributed by atoms with Gasteiger partial charge >= 0.3 is 11.9 Å². The van der Waals surface area contributed by atoms with Gasteiger partial charge in [-0.05, 0) is 61.3 Å². The van der Waals surface area contributed by atoms with Gasteiger partial charge in [0.25, 0.3) is 0 Å². The lowest BCUT2D eigenvalue weighted by Gasteiger charge is -2.17. The Morgan fingerprint density at radius 1 is 0.867 bits per heavy atom. The molecule has 1 aliphatic carbocycles. The molecular weight excluding hydrogens is 376 g/mol. The van der Waals surface area contributed by atoms with Crippen LogP contribution in [0.4, 0.5) is 0 Å². The molecule has 0 bridgehead atoms. The number of allylic oxidation sites excluding steroid dienone is 1. The first-order valence-corrected chi connectivity index (χ1v) is 10.3. The van der Waals surface area contributed by atoms with Gasteiger partial charge in [-0.2, -0.15) is 0 Å². The van der Waals surface area contributed by atoms with E-state index in [1.807, 2.05) is 49.4 Å². The van der Waals surface area contributed by atoms with Crippen molar-refractivity contribution in [3.8, 4) is 11.5 Å². The maximum absolute atomic E-state index is 12.8. The molecule has 30 heavy (non-hydrogen) atoms. The van der Waals surface area contributed by atoms with E-state index in [1.54, 1.807) is 24.3 Å². The van der Waals surface area contributed by atoms with Crippen molar-refractivity contribution < 1.29 is 19.1 Å². The molecule has 4 rings (SSSR count). The summed E-state index contributed by atoms with van der Waals surface area (Å²) in [4.78, 5) is 25.5. The number of rotatable bonds is 4. The van der Waals surface area contributed by atoms with E-state index >= 15 is 0 Å². The van der Waals surface area contributed by atoms with Crippen LogP contribution < -0.4 is 9.47 Å². The fourth-order valence-electron chi connectivity index (χ4n) is 3.86. The molecule has 0 amide bonds. The second-order valence-corrected chi connectivity index (χ2v) is 7.77. The molecule has 1 unspecified atom stereocenters. The van der Waals surface area contributed by atoms with E-state index in [1.165, 1.54) is 0 Å². The topological polar surface area (TPSA) is 52.6 Å². The highest BCUT2D eigenvalue weighted by Crippen LogP contribution is 2.35. The number of hydrogen-bond donors (Lipinski definition) is 0. The van der Waals surface area contributed by atoms with E-state index in [0.29, 0.717) is 33.9 Å². The number of fused-ring (bicyclic) bond motifs is 1. The largest absolute Gasteiger partial charge is 0.422 e. The van der Waals surface area contributed by atoms with Gasteiger partial charge in [0.2, 0.25) is 0 Å². The highest BCUT2D eigenvalue weighted by atomic mass is 16.5. The van der Waals surface area contributed by atoms with Crippen molar-refractivity contribution in [2.24, 2.45) is 5.92 Å². The third-order valence-electron chi connectivity index (χ3n) is 5.45. The number of hydrogen-bond acceptors (Lipinski definition) is 4. The van der Waals surface area contributed by atoms with Crippen molar-refractivity contribution in [3.63, 3.8) is 0 Å². The third kappa shape index (κ3) is 4.13. The smallest absolute Gasteiger partial charge is 0.343 e. The minimum absolute atomic E-state index is 0.339. The molecule has 0 saturated heterocycles. The Labute approximate surface area is 176 Å². The van der Waals surface area contributed by atoms with Crippen LogP contribution in [0.25, 0.3) is 10.8 Å². The summed E-state index contributed by atoms with van der Waals surface area (Å²) >= 11 is 0. The summed E-state index contributed by atoms with van der Waals surface area (Å²) in [5, 5.41) is 1.45. The minimum atomic E-state index is -0.439. The Morgan fingerprint density at radius 3 is 2.20 bits per heavy atom. The minimum Gasteiger partial charge on any atom is -0.422 e. The first-order valence-electron chi connectivity index (χ1n) is 10.3. The quantitative estimate of drug-likeness (QED) is 0.397. The number of carbonyl (C=O) groups is 2. The van der Waals surface area contributed by atoms with Gasteiger partial charge in [-0.25, -0.2) is 9.59 Å². The second kappa shape index (κ2) is 8.54. The number of aryl methyl sites for hydroxylation is 1. The number of benzene rings is 3.